The fourth-order valence-corrected chi connectivity index (χ4v) is 2.83. The van der Waals surface area contributed by atoms with E-state index >= 15 is 0 Å². The standard InChI is InChI=1S/C21H41N7O3.HI/c1-9-21(10-2,25-19(29)31-20(4,5)6)15-24-18(22-12-11-13-30-8)23-14-17-27-26-16(3)28(17)7;/h9-15H2,1-8H3,(H,25,29)(H2,22,23,24);1H. The van der Waals surface area contributed by atoms with E-state index < -0.39 is 17.2 Å². The molecule has 1 rings (SSSR count). The van der Waals surface area contributed by atoms with Gasteiger partial charge < -0.3 is 30.0 Å². The number of halogens is 1. The van der Waals surface area contributed by atoms with Crippen molar-refractivity contribution in [2.24, 2.45) is 12.0 Å². The lowest BCUT2D eigenvalue weighted by molar-refractivity contribution is 0.0448. The molecule has 1 aromatic rings. The second-order valence-electron chi connectivity index (χ2n) is 8.63. The van der Waals surface area contributed by atoms with Gasteiger partial charge in [0.05, 0.1) is 5.54 Å². The van der Waals surface area contributed by atoms with Crippen LogP contribution in [0.3, 0.4) is 0 Å². The molecule has 10 nitrogen and oxygen atoms in total. The SMILES string of the molecule is CCC(CC)(CNC(=NCc1nnc(C)n1C)NCCCOC)NC(=O)OC(C)(C)C.I. The molecule has 0 fully saturated rings. The minimum absolute atomic E-state index is 0. The number of hydrogen-bond acceptors (Lipinski definition) is 6. The number of methoxy groups -OCH3 is 1. The Morgan fingerprint density at radius 3 is 2.31 bits per heavy atom. The second kappa shape index (κ2) is 14.5. The van der Waals surface area contributed by atoms with Gasteiger partial charge in [-0.3, -0.25) is 0 Å². The first kappa shape index (κ1) is 30.4. The number of amides is 1. The average molecular weight is 568 g/mol. The van der Waals surface area contributed by atoms with Crippen LogP contribution in [-0.2, 0) is 23.1 Å². The lowest BCUT2D eigenvalue weighted by Gasteiger charge is -2.34. The van der Waals surface area contributed by atoms with E-state index in [9.17, 15) is 4.79 Å². The smallest absolute Gasteiger partial charge is 0.408 e. The molecule has 11 heteroatoms. The Balaban J connectivity index is 0.00000961. The lowest BCUT2D eigenvalue weighted by Crippen LogP contribution is -2.57. The van der Waals surface area contributed by atoms with Crippen LogP contribution in [0.1, 0.15) is 65.5 Å². The van der Waals surface area contributed by atoms with Gasteiger partial charge in [0.15, 0.2) is 11.8 Å². The maximum absolute atomic E-state index is 12.4. The summed E-state index contributed by atoms with van der Waals surface area (Å²) in [5, 5.41) is 18.0. The van der Waals surface area contributed by atoms with Crippen LogP contribution in [-0.4, -0.2) is 64.8 Å². The summed E-state index contributed by atoms with van der Waals surface area (Å²) >= 11 is 0. The number of nitrogens with zero attached hydrogens (tertiary/aromatic N) is 4. The van der Waals surface area contributed by atoms with Crippen LogP contribution < -0.4 is 16.0 Å². The molecule has 0 unspecified atom stereocenters. The fraction of sp³-hybridized carbons (Fsp3) is 0.810. The van der Waals surface area contributed by atoms with Crippen LogP contribution in [0.2, 0.25) is 0 Å². The Kier molecular flexibility index (Phi) is 13.8. The molecular weight excluding hydrogens is 525 g/mol. The molecule has 0 saturated heterocycles. The summed E-state index contributed by atoms with van der Waals surface area (Å²) in [6.45, 7) is 13.8. The molecular formula is C21H42IN7O3. The highest BCUT2D eigenvalue weighted by atomic mass is 127. The van der Waals surface area contributed by atoms with Crippen molar-refractivity contribution in [3.05, 3.63) is 11.6 Å². The summed E-state index contributed by atoms with van der Waals surface area (Å²) in [5.74, 6) is 2.26. The minimum Gasteiger partial charge on any atom is -0.444 e. The molecule has 0 spiro atoms. The average Bonchev–Trinajstić information content (AvgIpc) is 3.02. The molecule has 1 amide bonds. The van der Waals surface area contributed by atoms with Gasteiger partial charge in [0.25, 0.3) is 0 Å². The van der Waals surface area contributed by atoms with Gasteiger partial charge in [0.2, 0.25) is 0 Å². The van der Waals surface area contributed by atoms with Crippen LogP contribution in [0, 0.1) is 6.92 Å². The zero-order valence-electron chi connectivity index (χ0n) is 20.9. The van der Waals surface area contributed by atoms with Crippen molar-refractivity contribution in [2.45, 2.75) is 78.5 Å². The lowest BCUT2D eigenvalue weighted by atomic mass is 9.93. The zero-order chi connectivity index (χ0) is 23.5. The van der Waals surface area contributed by atoms with E-state index in [1.165, 1.54) is 0 Å². The predicted molar refractivity (Wildman–Crippen MR) is 137 cm³/mol. The first-order valence-electron chi connectivity index (χ1n) is 10.9. The molecule has 32 heavy (non-hydrogen) atoms. The Bertz CT molecular complexity index is 713. The van der Waals surface area contributed by atoms with Crippen molar-refractivity contribution < 1.29 is 14.3 Å². The zero-order valence-corrected chi connectivity index (χ0v) is 23.2. The second-order valence-corrected chi connectivity index (χ2v) is 8.63. The summed E-state index contributed by atoms with van der Waals surface area (Å²) in [7, 11) is 3.60. The van der Waals surface area contributed by atoms with Gasteiger partial charge in [0, 0.05) is 33.9 Å². The molecule has 0 aromatic carbocycles. The summed E-state index contributed by atoms with van der Waals surface area (Å²) in [6.07, 6.45) is 1.92. The normalized spacial score (nSPS) is 12.2. The molecule has 0 radical (unpaired) electrons. The van der Waals surface area contributed by atoms with Gasteiger partial charge in [-0.1, -0.05) is 13.8 Å². The van der Waals surface area contributed by atoms with E-state index in [1.807, 2.05) is 53.2 Å². The van der Waals surface area contributed by atoms with Crippen LogP contribution in [0.15, 0.2) is 4.99 Å². The molecule has 1 aromatic heterocycles. The fourth-order valence-electron chi connectivity index (χ4n) is 2.83. The summed E-state index contributed by atoms with van der Waals surface area (Å²) in [4.78, 5) is 17.1. The van der Waals surface area contributed by atoms with Crippen molar-refractivity contribution in [3.63, 3.8) is 0 Å². The van der Waals surface area contributed by atoms with E-state index in [0.29, 0.717) is 32.2 Å². The summed E-state index contributed by atoms with van der Waals surface area (Å²) in [6, 6.07) is 0. The van der Waals surface area contributed by atoms with Gasteiger partial charge in [0.1, 0.15) is 18.0 Å². The number of alkyl carbamates (subject to hydrolysis) is 1. The molecule has 1 heterocycles. The van der Waals surface area contributed by atoms with E-state index in [-0.39, 0.29) is 24.0 Å². The Labute approximate surface area is 209 Å². The molecule has 0 bridgehead atoms. The number of guanidine groups is 1. The number of carbonyl (C=O) groups excluding carboxylic acids is 1. The number of aliphatic imine (C=N–C) groups is 1. The van der Waals surface area contributed by atoms with Crippen molar-refractivity contribution in [2.75, 3.05) is 26.8 Å². The van der Waals surface area contributed by atoms with Gasteiger partial charge >= 0.3 is 6.09 Å². The van der Waals surface area contributed by atoms with Crippen LogP contribution in [0.25, 0.3) is 0 Å². The number of rotatable bonds is 11. The molecule has 0 aliphatic heterocycles. The Morgan fingerprint density at radius 2 is 1.81 bits per heavy atom. The number of carbonyl (C=O) groups is 1. The van der Waals surface area contributed by atoms with Crippen molar-refractivity contribution in [3.8, 4) is 0 Å². The molecule has 0 atom stereocenters. The highest BCUT2D eigenvalue weighted by Crippen LogP contribution is 2.16. The van der Waals surface area contributed by atoms with E-state index in [2.05, 4.69) is 31.1 Å². The number of aryl methyl sites for hydroxylation is 1. The van der Waals surface area contributed by atoms with Crippen molar-refractivity contribution >= 4 is 36.0 Å². The number of ether oxygens (including phenoxy) is 2. The van der Waals surface area contributed by atoms with E-state index in [1.54, 1.807) is 7.11 Å². The largest absolute Gasteiger partial charge is 0.444 e. The number of nitrogens with one attached hydrogen (secondary N) is 3. The Hall–Kier alpha value is -1.63. The monoisotopic (exact) mass is 567 g/mol. The van der Waals surface area contributed by atoms with Crippen LogP contribution in [0.4, 0.5) is 4.79 Å². The van der Waals surface area contributed by atoms with Crippen LogP contribution >= 0.6 is 24.0 Å². The summed E-state index contributed by atoms with van der Waals surface area (Å²) in [5.41, 5.74) is -1.01. The van der Waals surface area contributed by atoms with Crippen molar-refractivity contribution in [1.82, 2.24) is 30.7 Å². The quantitative estimate of drug-likeness (QED) is 0.163. The molecule has 186 valence electrons. The first-order chi connectivity index (χ1) is 14.6. The first-order valence-corrected chi connectivity index (χ1v) is 10.9. The number of hydrogen-bond donors (Lipinski definition) is 3. The van der Waals surface area contributed by atoms with E-state index in [0.717, 1.165) is 30.9 Å². The maximum Gasteiger partial charge on any atom is 0.408 e. The molecule has 0 aliphatic rings. The number of aromatic nitrogens is 3. The predicted octanol–water partition coefficient (Wildman–Crippen LogP) is 2.90. The van der Waals surface area contributed by atoms with Gasteiger partial charge in [-0.25, -0.2) is 9.79 Å². The minimum atomic E-state index is -0.547. The van der Waals surface area contributed by atoms with Gasteiger partial charge in [-0.15, -0.1) is 34.2 Å². The van der Waals surface area contributed by atoms with E-state index in [4.69, 9.17) is 9.47 Å². The van der Waals surface area contributed by atoms with Crippen LogP contribution in [0.5, 0.6) is 0 Å². The third-order valence-electron chi connectivity index (χ3n) is 5.09. The maximum atomic E-state index is 12.4. The molecule has 0 aliphatic carbocycles. The van der Waals surface area contributed by atoms with Gasteiger partial charge in [-0.05, 0) is 47.0 Å². The third-order valence-corrected chi connectivity index (χ3v) is 5.09. The topological polar surface area (TPSA) is 115 Å². The van der Waals surface area contributed by atoms with Crippen molar-refractivity contribution in [1.29, 1.82) is 0 Å². The molecule has 0 saturated carbocycles. The highest BCUT2D eigenvalue weighted by Gasteiger charge is 2.30. The highest BCUT2D eigenvalue weighted by molar-refractivity contribution is 14.0. The summed E-state index contributed by atoms with van der Waals surface area (Å²) < 4.78 is 12.5. The van der Waals surface area contributed by atoms with Gasteiger partial charge in [-0.2, -0.15) is 0 Å². The third kappa shape index (κ3) is 10.8. The Morgan fingerprint density at radius 1 is 1.16 bits per heavy atom. The molecule has 3 N–H and O–H groups in total.